The van der Waals surface area contributed by atoms with E-state index < -0.39 is 5.54 Å². The molecule has 0 saturated carbocycles. The van der Waals surface area contributed by atoms with Crippen LogP contribution in [0, 0.1) is 11.3 Å². The fraction of sp³-hybridized carbons (Fsp3) is 0.333. The lowest BCUT2D eigenvalue weighted by molar-refractivity contribution is -0.131. The highest BCUT2D eigenvalue weighted by atomic mass is 16.2. The monoisotopic (exact) mass is 457 g/mol. The second kappa shape index (κ2) is 9.57. The number of rotatable bonds is 8. The van der Waals surface area contributed by atoms with Gasteiger partial charge in [-0.2, -0.15) is 0 Å². The number of allylic oxidation sites excluding steroid dienone is 1. The van der Waals surface area contributed by atoms with Gasteiger partial charge in [0, 0.05) is 24.2 Å². The molecule has 1 unspecified atom stereocenters. The molecule has 1 fully saturated rings. The number of nitrogens with one attached hydrogen (secondary N) is 4. The zero-order valence-electron chi connectivity index (χ0n) is 19.9. The van der Waals surface area contributed by atoms with E-state index in [2.05, 4.69) is 35.5 Å². The molecule has 1 atom stereocenters. The summed E-state index contributed by atoms with van der Waals surface area (Å²) in [4.78, 5) is 26.8. The van der Waals surface area contributed by atoms with E-state index in [1.807, 2.05) is 61.5 Å². The number of hydrogen-bond acceptors (Lipinski definition) is 3. The number of anilines is 1. The van der Waals surface area contributed by atoms with Gasteiger partial charge in [0.05, 0.1) is 6.54 Å². The number of hydrogen-bond donors (Lipinski definition) is 4. The maximum atomic E-state index is 13.0. The van der Waals surface area contributed by atoms with Crippen LogP contribution in [-0.2, 0) is 17.9 Å². The van der Waals surface area contributed by atoms with E-state index in [1.54, 1.807) is 0 Å². The fourth-order valence-electron chi connectivity index (χ4n) is 4.43. The molecule has 0 bridgehead atoms. The number of benzene rings is 2. The van der Waals surface area contributed by atoms with Crippen molar-refractivity contribution in [1.82, 2.24) is 15.5 Å². The first-order chi connectivity index (χ1) is 16.2. The van der Waals surface area contributed by atoms with Crippen molar-refractivity contribution in [2.75, 3.05) is 5.32 Å². The summed E-state index contributed by atoms with van der Waals surface area (Å²) in [7, 11) is 0. The second-order valence-corrected chi connectivity index (χ2v) is 9.53. The predicted octanol–water partition coefficient (Wildman–Crippen LogP) is 4.62. The molecule has 0 radical (unpaired) electrons. The summed E-state index contributed by atoms with van der Waals surface area (Å²) < 4.78 is 0. The summed E-state index contributed by atoms with van der Waals surface area (Å²) >= 11 is 0. The molecule has 1 aliphatic heterocycles. The van der Waals surface area contributed by atoms with Gasteiger partial charge in [-0.25, -0.2) is 4.79 Å². The van der Waals surface area contributed by atoms with Crippen LogP contribution in [0.2, 0.25) is 0 Å². The van der Waals surface area contributed by atoms with Crippen LogP contribution in [0.4, 0.5) is 10.5 Å². The Hall–Kier alpha value is -3.83. The van der Waals surface area contributed by atoms with E-state index in [-0.39, 0.29) is 17.9 Å². The highest BCUT2D eigenvalue weighted by Gasteiger charge is 2.45. The maximum Gasteiger partial charge on any atom is 0.319 e. The van der Waals surface area contributed by atoms with Gasteiger partial charge in [-0.05, 0) is 54.2 Å². The van der Waals surface area contributed by atoms with Gasteiger partial charge in [0.15, 0.2) is 5.96 Å². The highest BCUT2D eigenvalue weighted by molar-refractivity contribution is 6.07. The molecule has 0 spiro atoms. The summed E-state index contributed by atoms with van der Waals surface area (Å²) in [5.41, 5.74) is 7.27. The zero-order valence-corrected chi connectivity index (χ0v) is 19.9. The summed E-state index contributed by atoms with van der Waals surface area (Å²) in [6.45, 7) is 6.66. The Morgan fingerprint density at radius 2 is 1.91 bits per heavy atom. The van der Waals surface area contributed by atoms with Crippen LogP contribution in [0.15, 0.2) is 60.3 Å². The van der Waals surface area contributed by atoms with E-state index >= 15 is 0 Å². The van der Waals surface area contributed by atoms with E-state index in [0.717, 1.165) is 28.8 Å². The maximum absolute atomic E-state index is 13.0. The highest BCUT2D eigenvalue weighted by Crippen LogP contribution is 2.26. The minimum absolute atomic E-state index is 0.0789. The van der Waals surface area contributed by atoms with Gasteiger partial charge in [0.1, 0.15) is 5.54 Å². The molecule has 4 N–H and O–H groups in total. The number of guanidine groups is 1. The lowest BCUT2D eigenvalue weighted by Crippen LogP contribution is -2.44. The third-order valence-corrected chi connectivity index (χ3v) is 6.06. The second-order valence-electron chi connectivity index (χ2n) is 9.53. The lowest BCUT2D eigenvalue weighted by atomic mass is 9.91. The van der Waals surface area contributed by atoms with Crippen molar-refractivity contribution in [3.8, 4) is 0 Å². The lowest BCUT2D eigenvalue weighted by Gasteiger charge is -2.24. The van der Waals surface area contributed by atoms with Crippen LogP contribution in [-0.4, -0.2) is 28.3 Å². The Balaban J connectivity index is 1.32. The summed E-state index contributed by atoms with van der Waals surface area (Å²) in [6.07, 6.45) is 3.60. The molecule has 2 aliphatic rings. The van der Waals surface area contributed by atoms with Crippen LogP contribution in [0.5, 0.6) is 0 Å². The molecule has 1 aliphatic carbocycles. The zero-order chi connectivity index (χ0) is 24.3. The van der Waals surface area contributed by atoms with Crippen molar-refractivity contribution in [3.63, 3.8) is 0 Å². The molecular weight excluding hydrogens is 426 g/mol. The van der Waals surface area contributed by atoms with E-state index in [9.17, 15) is 9.59 Å². The Morgan fingerprint density at radius 1 is 1.21 bits per heavy atom. The van der Waals surface area contributed by atoms with Gasteiger partial charge < -0.3 is 16.0 Å². The third-order valence-electron chi connectivity index (χ3n) is 6.06. The summed E-state index contributed by atoms with van der Waals surface area (Å²) in [6, 6.07) is 15.1. The molecule has 7 nitrogen and oxygen atoms in total. The van der Waals surface area contributed by atoms with Crippen molar-refractivity contribution in [2.45, 2.75) is 52.2 Å². The van der Waals surface area contributed by atoms with Gasteiger partial charge in [0.2, 0.25) is 0 Å². The smallest absolute Gasteiger partial charge is 0.319 e. The normalized spacial score (nSPS) is 19.1. The molecule has 34 heavy (non-hydrogen) atoms. The van der Waals surface area contributed by atoms with E-state index in [1.165, 1.54) is 10.5 Å². The van der Waals surface area contributed by atoms with Crippen LogP contribution in [0.1, 0.15) is 50.3 Å². The van der Waals surface area contributed by atoms with E-state index in [0.29, 0.717) is 25.4 Å². The van der Waals surface area contributed by atoms with E-state index in [4.69, 9.17) is 5.41 Å². The molecule has 7 heteroatoms. The summed E-state index contributed by atoms with van der Waals surface area (Å²) in [5.74, 6) is 0.390. The van der Waals surface area contributed by atoms with Gasteiger partial charge in [-0.15, -0.1) is 5.73 Å². The van der Waals surface area contributed by atoms with Crippen molar-refractivity contribution < 1.29 is 9.59 Å². The molecule has 2 aromatic carbocycles. The quantitative estimate of drug-likeness (QED) is 0.435. The Bertz CT molecular complexity index is 1180. The standard InChI is InChI=1S/C27H31N5O2/c1-18(2)15-27(3)24(33)32(25(28)31-27)17-20-7-4-6-19(14-20)16-29-26(34)30-23-12-10-22(11-13-23)21-8-5-9-21/h4-7,10-14,18H,8,15-17H2,1-3H3,(H2,28,31)(H2,29,30,34). The third kappa shape index (κ3) is 5.21. The molecule has 176 valence electrons. The molecular formula is C27H31N5O2. The average molecular weight is 458 g/mol. The largest absolute Gasteiger partial charge is 0.342 e. The Morgan fingerprint density at radius 3 is 2.56 bits per heavy atom. The van der Waals surface area contributed by atoms with Crippen LogP contribution < -0.4 is 16.0 Å². The molecule has 1 heterocycles. The van der Waals surface area contributed by atoms with Crippen molar-refractivity contribution in [1.29, 1.82) is 5.41 Å². The van der Waals surface area contributed by atoms with Crippen molar-refractivity contribution >= 4 is 29.2 Å². The van der Waals surface area contributed by atoms with Crippen LogP contribution >= 0.6 is 0 Å². The minimum atomic E-state index is -0.744. The summed E-state index contributed by atoms with van der Waals surface area (Å²) in [5, 5.41) is 17.0. The molecule has 0 aromatic heterocycles. The number of carbonyl (C=O) groups excluding carboxylic acids is 2. The van der Waals surface area contributed by atoms with Gasteiger partial charge >= 0.3 is 6.03 Å². The molecule has 1 saturated heterocycles. The van der Waals surface area contributed by atoms with Gasteiger partial charge in [0.25, 0.3) is 5.91 Å². The molecule has 2 aromatic rings. The number of carbonyl (C=O) groups is 2. The molecule has 3 amide bonds. The van der Waals surface area contributed by atoms with Gasteiger partial charge in [-0.3, -0.25) is 15.1 Å². The first-order valence-electron chi connectivity index (χ1n) is 11.6. The van der Waals surface area contributed by atoms with Crippen LogP contribution in [0.25, 0.3) is 5.57 Å². The van der Waals surface area contributed by atoms with Crippen molar-refractivity contribution in [2.24, 2.45) is 5.92 Å². The van der Waals surface area contributed by atoms with Gasteiger partial charge in [-0.1, -0.05) is 50.2 Å². The average Bonchev–Trinajstić information content (AvgIpc) is 2.95. The Kier molecular flexibility index (Phi) is 6.57. The molecule has 4 rings (SSSR count). The number of nitrogens with zero attached hydrogens (tertiary/aromatic N) is 1. The SMILES string of the molecule is CC(C)CC1(C)NC(=N)N(Cc2cccc(CNC(=O)Nc3ccc(C4=C=CC4)cc3)c2)C1=O. The fourth-order valence-corrected chi connectivity index (χ4v) is 4.43. The Labute approximate surface area is 200 Å². The van der Waals surface area contributed by atoms with Crippen LogP contribution in [0.3, 0.4) is 0 Å². The minimum Gasteiger partial charge on any atom is -0.342 e. The van der Waals surface area contributed by atoms with Crippen molar-refractivity contribution in [3.05, 3.63) is 77.0 Å². The number of amides is 3. The predicted molar refractivity (Wildman–Crippen MR) is 134 cm³/mol. The first-order valence-corrected chi connectivity index (χ1v) is 11.6. The number of urea groups is 1. The first kappa shape index (κ1) is 23.3. The topological polar surface area (TPSA) is 97.3 Å².